The van der Waals surface area contributed by atoms with E-state index in [1.54, 1.807) is 0 Å². The van der Waals surface area contributed by atoms with Gasteiger partial charge in [0.1, 0.15) is 11.4 Å². The monoisotopic (exact) mass is 486 g/mol. The molecule has 8 nitrogen and oxygen atoms in total. The van der Waals surface area contributed by atoms with Crippen molar-refractivity contribution in [2.75, 3.05) is 19.7 Å². The molecule has 1 aliphatic rings. The van der Waals surface area contributed by atoms with Crippen LogP contribution < -0.4 is 4.72 Å². The normalized spacial score (nSPS) is 14.6. The molecule has 0 spiro atoms. The fourth-order valence-electron chi connectivity index (χ4n) is 2.19. The molecule has 0 atom stereocenters. The summed E-state index contributed by atoms with van der Waals surface area (Å²) in [6.07, 6.45) is 0.835. The van der Waals surface area contributed by atoms with E-state index < -0.39 is 35.1 Å². The molecule has 2 amide bonds. The smallest absolute Gasteiger partial charge is 0.321 e. The third kappa shape index (κ3) is 5.17. The topological polar surface area (TPSA) is 110 Å². The van der Waals surface area contributed by atoms with Crippen molar-refractivity contribution in [3.05, 3.63) is 26.7 Å². The van der Waals surface area contributed by atoms with Crippen LogP contribution in [-0.4, -0.2) is 50.8 Å². The molecule has 0 aromatic heterocycles. The van der Waals surface area contributed by atoms with Gasteiger partial charge in [-0.05, 0) is 18.6 Å². The summed E-state index contributed by atoms with van der Waals surface area (Å²) >= 11 is 14.9. The molecule has 0 bridgehead atoms. The van der Waals surface area contributed by atoms with Crippen LogP contribution in [0.4, 0.5) is 0 Å². The molecule has 1 fully saturated rings. The second-order valence-electron chi connectivity index (χ2n) is 5.23. The van der Waals surface area contributed by atoms with Gasteiger partial charge >= 0.3 is 5.97 Å². The number of likely N-dealkylation sites (tertiary alicyclic amines) is 1. The predicted molar refractivity (Wildman–Crippen MR) is 96.3 cm³/mol. The Labute approximate surface area is 167 Å². The van der Waals surface area contributed by atoms with Gasteiger partial charge in [0.15, 0.2) is 6.61 Å². The Morgan fingerprint density at radius 1 is 1.27 bits per heavy atom. The minimum absolute atomic E-state index is 0.132. The lowest BCUT2D eigenvalue weighted by Gasteiger charge is -2.14. The number of carbonyl (C=O) groups is 3. The van der Waals surface area contributed by atoms with Crippen molar-refractivity contribution >= 4 is 66.9 Å². The number of nitrogens with one attached hydrogen (secondary N) is 1. The van der Waals surface area contributed by atoms with Crippen molar-refractivity contribution < 1.29 is 27.5 Å². The van der Waals surface area contributed by atoms with Gasteiger partial charge in [-0.1, -0.05) is 39.1 Å². The number of sulfonamides is 1. The fourth-order valence-corrected chi connectivity index (χ4v) is 5.10. The highest BCUT2D eigenvalue weighted by molar-refractivity contribution is 9.10. The highest BCUT2D eigenvalue weighted by atomic mass is 79.9. The molecule has 2 rings (SSSR count). The minimum atomic E-state index is -4.18. The van der Waals surface area contributed by atoms with Crippen molar-refractivity contribution in [2.24, 2.45) is 0 Å². The average Bonchev–Trinajstić information content (AvgIpc) is 2.95. The van der Waals surface area contributed by atoms with E-state index in [4.69, 9.17) is 27.9 Å². The predicted octanol–water partition coefficient (Wildman–Crippen LogP) is 1.73. The molecule has 26 heavy (non-hydrogen) atoms. The summed E-state index contributed by atoms with van der Waals surface area (Å²) in [5, 5.41) is -0.263. The number of halogens is 3. The van der Waals surface area contributed by atoms with Gasteiger partial charge in [-0.3, -0.25) is 19.3 Å². The number of benzene rings is 1. The van der Waals surface area contributed by atoms with Crippen molar-refractivity contribution in [2.45, 2.75) is 17.7 Å². The summed E-state index contributed by atoms with van der Waals surface area (Å²) in [7, 11) is -4.18. The van der Waals surface area contributed by atoms with Crippen LogP contribution in [-0.2, 0) is 29.1 Å². The Kier molecular flexibility index (Phi) is 7.03. The first-order chi connectivity index (χ1) is 12.1. The quantitative estimate of drug-likeness (QED) is 0.612. The van der Waals surface area contributed by atoms with E-state index in [1.807, 2.05) is 4.72 Å². The van der Waals surface area contributed by atoms with Crippen LogP contribution in [0.15, 0.2) is 21.5 Å². The maximum atomic E-state index is 12.3. The lowest BCUT2D eigenvalue weighted by molar-refractivity contribution is -0.153. The Balaban J connectivity index is 1.92. The summed E-state index contributed by atoms with van der Waals surface area (Å²) in [6, 6.07) is 2.68. The zero-order valence-electron chi connectivity index (χ0n) is 13.1. The molecule has 142 valence electrons. The van der Waals surface area contributed by atoms with E-state index in [2.05, 4.69) is 15.9 Å². The Hall–Kier alpha value is -1.20. The first kappa shape index (κ1) is 21.1. The molecule has 1 aliphatic heterocycles. The van der Waals surface area contributed by atoms with Crippen molar-refractivity contribution in [1.82, 2.24) is 9.62 Å². The zero-order chi connectivity index (χ0) is 19.5. The SMILES string of the molecule is O=C(CNS(=O)(=O)c1c(Cl)cc(Br)cc1Cl)OCC(=O)N1CCCC1=O. The first-order valence-electron chi connectivity index (χ1n) is 7.25. The van der Waals surface area contributed by atoms with Gasteiger partial charge in [-0.2, -0.15) is 4.72 Å². The van der Waals surface area contributed by atoms with E-state index in [0.29, 0.717) is 10.9 Å². The number of hydrogen-bond donors (Lipinski definition) is 1. The van der Waals surface area contributed by atoms with Crippen LogP contribution in [0.2, 0.25) is 10.0 Å². The third-order valence-corrected chi connectivity index (χ3v) is 6.15. The van der Waals surface area contributed by atoms with Crippen molar-refractivity contribution in [3.63, 3.8) is 0 Å². The van der Waals surface area contributed by atoms with Gasteiger partial charge in [0, 0.05) is 17.4 Å². The molecule has 1 aromatic rings. The van der Waals surface area contributed by atoms with Crippen molar-refractivity contribution in [1.29, 1.82) is 0 Å². The summed E-state index contributed by atoms with van der Waals surface area (Å²) in [5.41, 5.74) is 0. The van der Waals surface area contributed by atoms with Crippen LogP contribution in [0.25, 0.3) is 0 Å². The van der Waals surface area contributed by atoms with Crippen molar-refractivity contribution in [3.8, 4) is 0 Å². The highest BCUT2D eigenvalue weighted by Crippen LogP contribution is 2.32. The van der Waals surface area contributed by atoms with Crippen LogP contribution in [0.3, 0.4) is 0 Å². The van der Waals surface area contributed by atoms with E-state index >= 15 is 0 Å². The molecular weight excluding hydrogens is 475 g/mol. The van der Waals surface area contributed by atoms with Gasteiger partial charge in [-0.25, -0.2) is 8.42 Å². The molecule has 1 aromatic carbocycles. The number of amides is 2. The van der Waals surface area contributed by atoms with Gasteiger partial charge in [-0.15, -0.1) is 0 Å². The Bertz CT molecular complexity index is 838. The summed E-state index contributed by atoms with van der Waals surface area (Å²) in [5.74, 6) is -1.97. The molecule has 0 unspecified atom stereocenters. The van der Waals surface area contributed by atoms with Gasteiger partial charge in [0.2, 0.25) is 15.9 Å². The highest BCUT2D eigenvalue weighted by Gasteiger charge is 2.27. The lowest BCUT2D eigenvalue weighted by Crippen LogP contribution is -2.37. The van der Waals surface area contributed by atoms with E-state index in [0.717, 1.165) is 4.90 Å². The van der Waals surface area contributed by atoms with Crippen LogP contribution in [0.5, 0.6) is 0 Å². The zero-order valence-corrected chi connectivity index (χ0v) is 17.0. The summed E-state index contributed by atoms with van der Waals surface area (Å²) in [6.45, 7) is -1.10. The number of imide groups is 1. The number of esters is 1. The summed E-state index contributed by atoms with van der Waals surface area (Å²) in [4.78, 5) is 35.4. The molecule has 0 radical (unpaired) electrons. The molecule has 1 saturated heterocycles. The first-order valence-corrected chi connectivity index (χ1v) is 10.3. The second-order valence-corrected chi connectivity index (χ2v) is 8.66. The van der Waals surface area contributed by atoms with Gasteiger partial charge < -0.3 is 4.74 Å². The Morgan fingerprint density at radius 2 is 1.88 bits per heavy atom. The maximum Gasteiger partial charge on any atom is 0.321 e. The van der Waals surface area contributed by atoms with E-state index in [9.17, 15) is 22.8 Å². The van der Waals surface area contributed by atoms with Gasteiger partial charge in [0.05, 0.1) is 10.0 Å². The number of ether oxygens (including phenoxy) is 1. The standard InChI is InChI=1S/C14H13BrCl2N2O6S/c15-8-4-9(16)14(10(17)5-8)26(23,24)18-6-13(22)25-7-12(21)19-3-1-2-11(19)20/h4-5,18H,1-3,6-7H2. The molecule has 1 heterocycles. The largest absolute Gasteiger partial charge is 0.455 e. The van der Waals surface area contributed by atoms with Crippen LogP contribution in [0, 0.1) is 0 Å². The maximum absolute atomic E-state index is 12.3. The number of carbonyl (C=O) groups excluding carboxylic acids is 3. The molecular formula is C14H13BrCl2N2O6S. The minimum Gasteiger partial charge on any atom is -0.455 e. The molecule has 0 saturated carbocycles. The van der Waals surface area contributed by atoms with E-state index in [1.165, 1.54) is 12.1 Å². The summed E-state index contributed by atoms with van der Waals surface area (Å²) < 4.78 is 31.7. The van der Waals surface area contributed by atoms with Gasteiger partial charge in [0.25, 0.3) is 5.91 Å². The van der Waals surface area contributed by atoms with Crippen LogP contribution >= 0.6 is 39.1 Å². The molecule has 0 aliphatic carbocycles. The van der Waals surface area contributed by atoms with Crippen LogP contribution in [0.1, 0.15) is 12.8 Å². The lowest BCUT2D eigenvalue weighted by atomic mass is 10.4. The number of nitrogens with zero attached hydrogens (tertiary/aromatic N) is 1. The Morgan fingerprint density at radius 3 is 2.42 bits per heavy atom. The fraction of sp³-hybridized carbons (Fsp3) is 0.357. The number of rotatable bonds is 6. The third-order valence-electron chi connectivity index (χ3n) is 3.37. The molecule has 12 heteroatoms. The second kappa shape index (κ2) is 8.66. The number of hydrogen-bond acceptors (Lipinski definition) is 6. The average molecular weight is 488 g/mol. The van der Waals surface area contributed by atoms with E-state index in [-0.39, 0.29) is 33.8 Å². The molecule has 1 N–H and O–H groups in total.